The third-order valence-corrected chi connectivity index (χ3v) is 11.9. The first-order valence-corrected chi connectivity index (χ1v) is 21.4. The molecule has 0 unspecified atom stereocenters. The summed E-state index contributed by atoms with van der Waals surface area (Å²) in [6.45, 7) is 0. The number of rotatable bonds is 8. The Morgan fingerprint density at radius 1 is 0.328 bits per heavy atom. The number of para-hydroxylation sites is 4. The molecule has 12 rings (SSSR count). The Hall–Kier alpha value is -8.74. The first-order valence-electron chi connectivity index (χ1n) is 21.4. The van der Waals surface area contributed by atoms with Gasteiger partial charge in [0.25, 0.3) is 0 Å². The first kappa shape index (κ1) is 37.1. The summed E-state index contributed by atoms with van der Waals surface area (Å²) in [4.78, 5) is 20.4. The summed E-state index contributed by atoms with van der Waals surface area (Å²) in [5.41, 5.74) is 15.0. The van der Waals surface area contributed by atoms with Crippen molar-refractivity contribution in [3.63, 3.8) is 0 Å². The summed E-state index contributed by atoms with van der Waals surface area (Å²) in [7, 11) is 0. The SMILES string of the molecule is c1ccc(-c2nc(-c3cccc(-c4cccc(-c5cccc(-c6cccc7nc(-c8ccccc8)oc67)c5)c4)c3)nc(-c3cccc4c5ccccc5n(-c5ccccc5)c34)n2)cc1. The van der Waals surface area contributed by atoms with Crippen LogP contribution in [0.1, 0.15) is 0 Å². The highest BCUT2D eigenvalue weighted by Gasteiger charge is 2.20. The van der Waals surface area contributed by atoms with Gasteiger partial charge in [-0.25, -0.2) is 19.9 Å². The maximum Gasteiger partial charge on any atom is 0.227 e. The molecule has 0 spiro atoms. The highest BCUT2D eigenvalue weighted by molar-refractivity contribution is 6.13. The van der Waals surface area contributed by atoms with Gasteiger partial charge in [-0.1, -0.05) is 164 Å². The second kappa shape index (κ2) is 15.6. The molecule has 9 aromatic carbocycles. The number of oxazole rings is 1. The van der Waals surface area contributed by atoms with E-state index in [2.05, 4.69) is 162 Å². The molecule has 3 heterocycles. The van der Waals surface area contributed by atoms with E-state index in [4.69, 9.17) is 24.4 Å². The van der Waals surface area contributed by atoms with Gasteiger partial charge in [-0.2, -0.15) is 0 Å². The number of aromatic nitrogens is 5. The Morgan fingerprint density at radius 3 is 1.53 bits per heavy atom. The molecule has 6 heteroatoms. The van der Waals surface area contributed by atoms with E-state index < -0.39 is 0 Å². The molecule has 300 valence electrons. The van der Waals surface area contributed by atoms with Gasteiger partial charge in [0.05, 0.1) is 11.0 Å². The summed E-state index contributed by atoms with van der Waals surface area (Å²) < 4.78 is 8.73. The molecule has 0 aliphatic carbocycles. The van der Waals surface area contributed by atoms with Crippen LogP contribution in [0.3, 0.4) is 0 Å². The highest BCUT2D eigenvalue weighted by Crippen LogP contribution is 2.39. The van der Waals surface area contributed by atoms with Crippen LogP contribution >= 0.6 is 0 Å². The molecule has 0 saturated carbocycles. The molecule has 0 aliphatic rings. The molecule has 0 radical (unpaired) electrons. The maximum atomic E-state index is 6.40. The lowest BCUT2D eigenvalue weighted by atomic mass is 9.95. The summed E-state index contributed by atoms with van der Waals surface area (Å²) in [5, 5.41) is 2.31. The van der Waals surface area contributed by atoms with Crippen molar-refractivity contribution in [1.82, 2.24) is 24.5 Å². The van der Waals surface area contributed by atoms with Crippen molar-refractivity contribution >= 4 is 32.9 Å². The van der Waals surface area contributed by atoms with Crippen LogP contribution in [0, 0.1) is 0 Å². The van der Waals surface area contributed by atoms with Crippen molar-refractivity contribution in [2.75, 3.05) is 0 Å². The normalized spacial score (nSPS) is 11.4. The van der Waals surface area contributed by atoms with Gasteiger partial charge in [0.1, 0.15) is 5.52 Å². The largest absolute Gasteiger partial charge is 0.435 e. The van der Waals surface area contributed by atoms with Gasteiger partial charge in [-0.3, -0.25) is 0 Å². The van der Waals surface area contributed by atoms with Gasteiger partial charge in [-0.05, 0) is 88.5 Å². The number of nitrogens with zero attached hydrogens (tertiary/aromatic N) is 5. The fraction of sp³-hybridized carbons (Fsp3) is 0. The average Bonchev–Trinajstić information content (AvgIpc) is 3.97. The van der Waals surface area contributed by atoms with E-state index in [1.54, 1.807) is 0 Å². The molecule has 0 bridgehead atoms. The third kappa shape index (κ3) is 6.62. The molecule has 0 fully saturated rings. The van der Waals surface area contributed by atoms with E-state index in [-0.39, 0.29) is 0 Å². The average molecular weight is 820 g/mol. The monoisotopic (exact) mass is 819 g/mol. The number of hydrogen-bond acceptors (Lipinski definition) is 5. The van der Waals surface area contributed by atoms with Crippen molar-refractivity contribution in [1.29, 1.82) is 0 Å². The van der Waals surface area contributed by atoms with Crippen molar-refractivity contribution in [2.45, 2.75) is 0 Å². The maximum absolute atomic E-state index is 6.40. The standard InChI is InChI=1S/C58H37N5O/c1-4-17-38(18-5-1)55-60-56(62-57(61-55)50-32-15-31-49-48-29-10-11-34-52(48)63(53(49)50)46-27-8-3-9-28-46)45-26-14-24-43(37-45)41-22-12-21-40(35-41)42-23-13-25-44(36-42)47-30-16-33-51-54(47)64-58(59-51)39-19-6-2-7-20-39/h1-37H. The highest BCUT2D eigenvalue weighted by atomic mass is 16.3. The van der Waals surface area contributed by atoms with Gasteiger partial charge in [0, 0.05) is 44.3 Å². The number of fused-ring (bicyclic) bond motifs is 4. The zero-order valence-corrected chi connectivity index (χ0v) is 34.5. The van der Waals surface area contributed by atoms with Crippen LogP contribution in [0.5, 0.6) is 0 Å². The molecule has 0 saturated heterocycles. The predicted octanol–water partition coefficient (Wildman–Crippen LogP) is 14.8. The molecule has 0 atom stereocenters. The van der Waals surface area contributed by atoms with Gasteiger partial charge in [0.15, 0.2) is 23.1 Å². The Morgan fingerprint density at radius 2 is 0.812 bits per heavy atom. The van der Waals surface area contributed by atoms with Crippen LogP contribution in [-0.2, 0) is 0 Å². The smallest absolute Gasteiger partial charge is 0.227 e. The lowest BCUT2D eigenvalue weighted by Gasteiger charge is -2.13. The summed E-state index contributed by atoms with van der Waals surface area (Å²) in [6, 6.07) is 77.6. The molecule has 6 nitrogen and oxygen atoms in total. The summed E-state index contributed by atoms with van der Waals surface area (Å²) in [5.74, 6) is 2.44. The Bertz CT molecular complexity index is 3670. The number of benzene rings is 9. The van der Waals surface area contributed by atoms with Gasteiger partial charge in [0.2, 0.25) is 5.89 Å². The quantitative estimate of drug-likeness (QED) is 0.153. The molecular weight excluding hydrogens is 783 g/mol. The van der Waals surface area contributed by atoms with Crippen LogP contribution in [0.4, 0.5) is 0 Å². The van der Waals surface area contributed by atoms with E-state index in [0.29, 0.717) is 23.4 Å². The second-order valence-electron chi connectivity index (χ2n) is 15.8. The zero-order valence-electron chi connectivity index (χ0n) is 34.5. The van der Waals surface area contributed by atoms with E-state index in [1.807, 2.05) is 66.7 Å². The van der Waals surface area contributed by atoms with E-state index in [0.717, 1.165) is 88.8 Å². The number of hydrogen-bond donors (Lipinski definition) is 0. The molecule has 0 aliphatic heterocycles. The lowest BCUT2D eigenvalue weighted by Crippen LogP contribution is -2.02. The second-order valence-corrected chi connectivity index (χ2v) is 15.8. The first-order chi connectivity index (χ1) is 31.7. The van der Waals surface area contributed by atoms with Crippen LogP contribution in [0.25, 0.3) is 118 Å². The van der Waals surface area contributed by atoms with Crippen LogP contribution in [-0.4, -0.2) is 24.5 Å². The van der Waals surface area contributed by atoms with Crippen molar-refractivity contribution in [2.24, 2.45) is 0 Å². The minimum absolute atomic E-state index is 0.603. The fourth-order valence-corrected chi connectivity index (χ4v) is 8.85. The third-order valence-electron chi connectivity index (χ3n) is 11.9. The van der Waals surface area contributed by atoms with Crippen LogP contribution in [0.15, 0.2) is 229 Å². The summed E-state index contributed by atoms with van der Waals surface area (Å²) >= 11 is 0. The molecule has 0 amide bonds. The zero-order chi connectivity index (χ0) is 42.4. The van der Waals surface area contributed by atoms with Crippen molar-refractivity contribution in [3.05, 3.63) is 224 Å². The predicted molar refractivity (Wildman–Crippen MR) is 260 cm³/mol. The van der Waals surface area contributed by atoms with Crippen molar-refractivity contribution < 1.29 is 4.42 Å². The fourth-order valence-electron chi connectivity index (χ4n) is 8.85. The van der Waals surface area contributed by atoms with E-state index >= 15 is 0 Å². The minimum atomic E-state index is 0.603. The Balaban J connectivity index is 0.947. The van der Waals surface area contributed by atoms with E-state index in [9.17, 15) is 0 Å². The van der Waals surface area contributed by atoms with Gasteiger partial charge in [-0.15, -0.1) is 0 Å². The lowest BCUT2D eigenvalue weighted by molar-refractivity contribution is 0.621. The molecule has 0 N–H and O–H groups in total. The molecule has 12 aromatic rings. The molecular formula is C58H37N5O. The van der Waals surface area contributed by atoms with Crippen LogP contribution < -0.4 is 0 Å². The molecule has 3 aromatic heterocycles. The van der Waals surface area contributed by atoms with Crippen LogP contribution in [0.2, 0.25) is 0 Å². The van der Waals surface area contributed by atoms with Gasteiger partial charge >= 0.3 is 0 Å². The topological polar surface area (TPSA) is 69.6 Å². The molecule has 64 heavy (non-hydrogen) atoms. The Kier molecular flexibility index (Phi) is 9.05. The van der Waals surface area contributed by atoms with Crippen molar-refractivity contribution in [3.8, 4) is 84.7 Å². The van der Waals surface area contributed by atoms with Gasteiger partial charge < -0.3 is 8.98 Å². The Labute approximate surface area is 369 Å². The summed E-state index contributed by atoms with van der Waals surface area (Å²) in [6.07, 6.45) is 0. The van der Waals surface area contributed by atoms with E-state index in [1.165, 1.54) is 5.39 Å². The minimum Gasteiger partial charge on any atom is -0.435 e.